The third kappa shape index (κ3) is 8.33. The van der Waals surface area contributed by atoms with E-state index in [2.05, 4.69) is 78.8 Å². The summed E-state index contributed by atoms with van der Waals surface area (Å²) < 4.78 is 25.8. The highest BCUT2D eigenvalue weighted by molar-refractivity contribution is 6.74. The molecule has 4 atom stereocenters. The van der Waals surface area contributed by atoms with Gasteiger partial charge in [-0.1, -0.05) is 53.7 Å². The Balaban J connectivity index is 1.56. The molecule has 0 aliphatic heterocycles. The third-order valence-electron chi connectivity index (χ3n) is 10.1. The van der Waals surface area contributed by atoms with Crippen LogP contribution in [-0.4, -0.2) is 57.0 Å². The smallest absolute Gasteiger partial charge is 0.347 e. The van der Waals surface area contributed by atoms with E-state index in [0.717, 1.165) is 25.7 Å². The van der Waals surface area contributed by atoms with E-state index in [1.807, 2.05) is 0 Å². The van der Waals surface area contributed by atoms with Crippen LogP contribution >= 0.6 is 0 Å². The number of nitriles is 1. The fourth-order valence-electron chi connectivity index (χ4n) is 5.38. The molecule has 1 aromatic heterocycles. The summed E-state index contributed by atoms with van der Waals surface area (Å²) >= 11 is 0. The molecule has 1 aromatic carbocycles. The van der Waals surface area contributed by atoms with Gasteiger partial charge in [0.1, 0.15) is 18.0 Å². The molecule has 11 heteroatoms. The van der Waals surface area contributed by atoms with Gasteiger partial charge in [0.05, 0.1) is 11.6 Å². The number of esters is 1. The summed E-state index contributed by atoms with van der Waals surface area (Å²) in [7, 11) is -3.90. The van der Waals surface area contributed by atoms with E-state index in [1.165, 1.54) is 0 Å². The van der Waals surface area contributed by atoms with Crippen molar-refractivity contribution in [1.29, 1.82) is 5.26 Å². The minimum atomic E-state index is -1.95. The number of nitrogen functional groups attached to an aromatic ring is 1. The van der Waals surface area contributed by atoms with E-state index in [4.69, 9.17) is 29.0 Å². The monoisotopic (exact) mass is 652 g/mol. The summed E-state index contributed by atoms with van der Waals surface area (Å²) in [6, 6.07) is 9.11. The van der Waals surface area contributed by atoms with Gasteiger partial charge in [0.2, 0.25) is 5.88 Å². The summed E-state index contributed by atoms with van der Waals surface area (Å²) in [6.45, 7) is 22.4. The van der Waals surface area contributed by atoms with Gasteiger partial charge in [-0.25, -0.2) is 9.78 Å². The summed E-state index contributed by atoms with van der Waals surface area (Å²) in [4.78, 5) is 22.9. The number of carbonyl (C=O) groups excluding carboxylic acids is 1. The molecular weight excluding hydrogens is 601 g/mol. The van der Waals surface area contributed by atoms with Crippen molar-refractivity contribution in [2.75, 3.05) is 5.73 Å². The summed E-state index contributed by atoms with van der Waals surface area (Å²) in [5.74, 6) is -0.215. The molecule has 0 saturated heterocycles. The van der Waals surface area contributed by atoms with E-state index >= 15 is 0 Å². The molecule has 2 aliphatic carbocycles. The lowest BCUT2D eigenvalue weighted by atomic mass is 10.1. The van der Waals surface area contributed by atoms with Crippen LogP contribution in [-0.2, 0) is 13.6 Å². The Morgan fingerprint density at radius 2 is 1.40 bits per heavy atom. The second kappa shape index (κ2) is 13.1. The number of anilines is 1. The number of hydrogen-bond acceptors (Lipinski definition) is 9. The Bertz CT molecular complexity index is 1430. The van der Waals surface area contributed by atoms with Crippen molar-refractivity contribution in [1.82, 2.24) is 9.97 Å². The molecule has 246 valence electrons. The number of ether oxygens (including phenoxy) is 2. The molecule has 2 N–H and O–H groups in total. The largest absolute Gasteiger partial charge is 0.473 e. The highest BCUT2D eigenvalue weighted by atomic mass is 28.4. The van der Waals surface area contributed by atoms with Crippen molar-refractivity contribution in [3.63, 3.8) is 0 Å². The fourth-order valence-corrected chi connectivity index (χ4v) is 8.18. The molecule has 2 saturated carbocycles. The first-order valence-corrected chi connectivity index (χ1v) is 22.0. The second-order valence-corrected chi connectivity index (χ2v) is 25.2. The molecule has 0 radical (unpaired) electrons. The van der Waals surface area contributed by atoms with Crippen LogP contribution in [0.15, 0.2) is 24.3 Å². The zero-order valence-corrected chi connectivity index (χ0v) is 30.8. The van der Waals surface area contributed by atoms with Gasteiger partial charge in [0.25, 0.3) is 0 Å². The van der Waals surface area contributed by atoms with Gasteiger partial charge in [-0.2, -0.15) is 10.2 Å². The van der Waals surface area contributed by atoms with Crippen molar-refractivity contribution in [2.45, 2.75) is 141 Å². The van der Waals surface area contributed by atoms with Crippen molar-refractivity contribution in [3.05, 3.63) is 35.4 Å². The first kappa shape index (κ1) is 35.1. The van der Waals surface area contributed by atoms with Crippen LogP contribution in [0.2, 0.25) is 36.3 Å². The number of carbonyl (C=O) groups is 1. The number of hydrogen-bond donors (Lipinski definition) is 1. The van der Waals surface area contributed by atoms with E-state index < -0.39 is 22.6 Å². The average molecular weight is 653 g/mol. The predicted molar refractivity (Wildman–Crippen MR) is 182 cm³/mol. The molecular formula is C34H52N4O5Si2. The SMILES string of the molecule is CC(C)(C)[Si](C)(C)O[C@@H]1CC[C@@H](OC(=O)c2c(N)nc(-c3cccc(C#N)c3)nc2O[C@@H]2CC[C@@H](O[Si](C)(C)C(C)(C)C)C2)C1. The van der Waals surface area contributed by atoms with Crippen LogP contribution in [0.25, 0.3) is 11.4 Å². The zero-order chi connectivity index (χ0) is 33.4. The maximum Gasteiger partial charge on any atom is 0.347 e. The molecule has 2 aliphatic rings. The van der Waals surface area contributed by atoms with Crippen LogP contribution in [0.3, 0.4) is 0 Å². The van der Waals surface area contributed by atoms with Crippen LogP contribution in [0, 0.1) is 11.3 Å². The fraction of sp³-hybridized carbons (Fsp3) is 0.647. The Morgan fingerprint density at radius 1 is 0.867 bits per heavy atom. The lowest BCUT2D eigenvalue weighted by Gasteiger charge is -2.38. The quantitative estimate of drug-likeness (QED) is 0.211. The van der Waals surface area contributed by atoms with E-state index in [-0.39, 0.29) is 57.6 Å². The van der Waals surface area contributed by atoms with Crippen molar-refractivity contribution in [2.24, 2.45) is 0 Å². The molecule has 1 heterocycles. The van der Waals surface area contributed by atoms with E-state index in [1.54, 1.807) is 24.3 Å². The Hall–Kier alpha value is -2.79. The van der Waals surface area contributed by atoms with Gasteiger partial charge >= 0.3 is 5.97 Å². The molecule has 4 rings (SSSR count). The molecule has 9 nitrogen and oxygen atoms in total. The lowest BCUT2D eigenvalue weighted by molar-refractivity contribution is 0.0284. The summed E-state index contributed by atoms with van der Waals surface area (Å²) in [5.41, 5.74) is 7.58. The van der Waals surface area contributed by atoms with Crippen LogP contribution in [0.4, 0.5) is 5.82 Å². The lowest BCUT2D eigenvalue weighted by Crippen LogP contribution is -2.43. The first-order valence-electron chi connectivity index (χ1n) is 16.2. The van der Waals surface area contributed by atoms with Gasteiger partial charge in [0.15, 0.2) is 28.0 Å². The topological polar surface area (TPSA) is 130 Å². The molecule has 45 heavy (non-hydrogen) atoms. The number of rotatable bonds is 9. The molecule has 2 aromatic rings. The van der Waals surface area contributed by atoms with Gasteiger partial charge < -0.3 is 24.1 Å². The Kier molecular flexibility index (Phi) is 10.2. The van der Waals surface area contributed by atoms with Gasteiger partial charge in [-0.3, -0.25) is 0 Å². The maximum atomic E-state index is 13.7. The van der Waals surface area contributed by atoms with Crippen molar-refractivity contribution >= 4 is 28.4 Å². The second-order valence-electron chi connectivity index (χ2n) is 15.7. The predicted octanol–water partition coefficient (Wildman–Crippen LogP) is 8.02. The molecule has 0 bridgehead atoms. The molecule has 0 unspecified atom stereocenters. The van der Waals surface area contributed by atoms with Gasteiger partial charge in [0, 0.05) is 30.6 Å². The normalized spacial score (nSPS) is 22.7. The number of nitrogens with two attached hydrogens (primary N) is 1. The number of aromatic nitrogens is 2. The minimum Gasteiger partial charge on any atom is -0.473 e. The maximum absolute atomic E-state index is 13.7. The molecule has 2 fully saturated rings. The van der Waals surface area contributed by atoms with Crippen LogP contribution < -0.4 is 10.5 Å². The highest BCUT2D eigenvalue weighted by Crippen LogP contribution is 2.42. The van der Waals surface area contributed by atoms with E-state index in [0.29, 0.717) is 24.0 Å². The van der Waals surface area contributed by atoms with Crippen LogP contribution in [0.1, 0.15) is 96.0 Å². The Labute approximate surface area is 271 Å². The van der Waals surface area contributed by atoms with Crippen molar-refractivity contribution < 1.29 is 23.1 Å². The minimum absolute atomic E-state index is 0.0125. The van der Waals surface area contributed by atoms with Gasteiger partial charge in [-0.15, -0.1) is 0 Å². The summed E-state index contributed by atoms with van der Waals surface area (Å²) in [5, 5.41) is 9.62. The molecule has 0 spiro atoms. The van der Waals surface area contributed by atoms with E-state index in [9.17, 15) is 10.1 Å². The zero-order valence-electron chi connectivity index (χ0n) is 28.8. The van der Waals surface area contributed by atoms with Crippen LogP contribution in [0.5, 0.6) is 5.88 Å². The molecule has 0 amide bonds. The average Bonchev–Trinajstić information content (AvgIpc) is 3.55. The van der Waals surface area contributed by atoms with Crippen molar-refractivity contribution in [3.8, 4) is 23.3 Å². The standard InChI is InChI=1S/C34H52N4O5Si2/c1-33(2,3)44(7,8)42-26-16-14-24(19-26)40-31-28(29(36)37-30(38-31)23-13-11-12-22(18-23)21-35)32(39)41-25-15-17-27(20-25)43-45(9,10)34(4,5)6/h11-13,18,24-27H,14-17,19-20H2,1-10H3,(H2,36,37,38)/t24-,25-,26-,27-/m1/s1. The number of nitrogens with zero attached hydrogens (tertiary/aromatic N) is 3. The van der Waals surface area contributed by atoms with Gasteiger partial charge in [-0.05, 0) is 74.1 Å². The highest BCUT2D eigenvalue weighted by Gasteiger charge is 2.43. The third-order valence-corrected chi connectivity index (χ3v) is 19.2. The Morgan fingerprint density at radius 3 is 1.96 bits per heavy atom. The summed E-state index contributed by atoms with van der Waals surface area (Å²) in [6.07, 6.45) is 4.17. The number of benzene rings is 1. The first-order chi connectivity index (χ1) is 20.8.